The van der Waals surface area contributed by atoms with Gasteiger partial charge in [-0.2, -0.15) is 0 Å². The molecule has 2 aromatic rings. The molecule has 0 saturated heterocycles. The molecule has 1 unspecified atom stereocenters. The molecule has 32 heavy (non-hydrogen) atoms. The monoisotopic (exact) mass is 865 g/mol. The minimum absolute atomic E-state index is 0. The number of halogens is 4. The average molecular weight is 869 g/mol. The van der Waals surface area contributed by atoms with E-state index in [1.54, 1.807) is 6.42 Å². The molecule has 0 aliphatic heterocycles. The molecule has 174 valence electrons. The number of carbonyl (C=O) groups excluding carboxylic acids is 1. The number of terminal acetylenes is 1. The van der Waals surface area contributed by atoms with Gasteiger partial charge in [-0.1, -0.05) is 6.61 Å². The maximum Gasteiger partial charge on any atom is 0.147 e. The molecule has 2 aromatic carbocycles. The van der Waals surface area contributed by atoms with Gasteiger partial charge < -0.3 is 24.5 Å². The maximum absolute atomic E-state index is 9.75. The van der Waals surface area contributed by atoms with Gasteiger partial charge in [0.15, 0.2) is 0 Å². The van der Waals surface area contributed by atoms with Crippen LogP contribution in [0.3, 0.4) is 0 Å². The fourth-order valence-electron chi connectivity index (χ4n) is 2.51. The summed E-state index contributed by atoms with van der Waals surface area (Å²) < 4.78 is 14.6. The van der Waals surface area contributed by atoms with Crippen molar-refractivity contribution in [2.45, 2.75) is 18.9 Å². The van der Waals surface area contributed by atoms with Crippen molar-refractivity contribution in [3.63, 3.8) is 0 Å². The van der Waals surface area contributed by atoms with E-state index in [2.05, 4.69) is 69.6 Å². The Hall–Kier alpha value is -0.202. The topological polar surface area (TPSA) is 76.0 Å². The number of hydrogen-bond donors (Lipinski definition) is 2. The van der Waals surface area contributed by atoms with E-state index in [1.165, 1.54) is 0 Å². The molecule has 0 spiro atoms. The van der Waals surface area contributed by atoms with Crippen molar-refractivity contribution in [2.24, 2.45) is 0 Å². The zero-order chi connectivity index (χ0) is 23.4. The fraction of sp³-hybridized carbons (Fsp3) is 0.273. The van der Waals surface area contributed by atoms with Gasteiger partial charge in [-0.25, -0.2) is 0 Å². The standard InChI is InChI=1S/C21H19Br4O4.CH2O.W/c1-2-4-15(27)12-29-21-18(24)10-14(11-19(21)25)7-13-8-16(22)20(17(23)9-13)28-6-3-5-26;1-2;/h1,3,8-11,15,26-27H,4-7,12H2;1H2;/q-1;;. The predicted octanol–water partition coefficient (Wildman–Crippen LogP) is 5.48. The molecule has 0 radical (unpaired) electrons. The number of benzene rings is 2. The number of rotatable bonds is 10. The molecule has 5 nitrogen and oxygen atoms in total. The second-order valence-electron chi connectivity index (χ2n) is 6.11. The van der Waals surface area contributed by atoms with Gasteiger partial charge in [0.05, 0.1) is 24.0 Å². The number of hydrogen-bond acceptors (Lipinski definition) is 5. The number of ether oxygens (including phenoxy) is 2. The first-order valence-electron chi connectivity index (χ1n) is 8.90. The van der Waals surface area contributed by atoms with Crippen molar-refractivity contribution in [3.05, 3.63) is 59.7 Å². The first-order valence-corrected chi connectivity index (χ1v) is 12.1. The van der Waals surface area contributed by atoms with Crippen LogP contribution in [0.4, 0.5) is 0 Å². The molecular weight excluding hydrogens is 848 g/mol. The average Bonchev–Trinajstić information content (AvgIpc) is 2.71. The summed E-state index contributed by atoms with van der Waals surface area (Å²) in [6, 6.07) is 7.97. The van der Waals surface area contributed by atoms with Crippen LogP contribution in [0.25, 0.3) is 0 Å². The number of carbonyl (C=O) groups is 1. The van der Waals surface area contributed by atoms with Crippen LogP contribution in [0.1, 0.15) is 17.5 Å². The molecule has 2 rings (SSSR count). The molecule has 0 bridgehead atoms. The minimum Gasteiger partial charge on any atom is -0.523 e. The molecule has 0 fully saturated rings. The van der Waals surface area contributed by atoms with Crippen molar-refractivity contribution in [1.82, 2.24) is 0 Å². The van der Waals surface area contributed by atoms with Gasteiger partial charge in [-0.05, 0) is 112 Å². The van der Waals surface area contributed by atoms with Crippen LogP contribution in [0.2, 0.25) is 0 Å². The van der Waals surface area contributed by atoms with E-state index in [4.69, 9.17) is 25.8 Å². The Labute approximate surface area is 236 Å². The summed E-state index contributed by atoms with van der Waals surface area (Å²) in [6.07, 6.45) is 7.07. The summed E-state index contributed by atoms with van der Waals surface area (Å²) in [5, 5.41) is 18.6. The Morgan fingerprint density at radius 2 is 1.41 bits per heavy atom. The van der Waals surface area contributed by atoms with E-state index < -0.39 is 6.10 Å². The van der Waals surface area contributed by atoms with Crippen LogP contribution in [-0.2, 0) is 32.3 Å². The third-order valence-corrected chi connectivity index (χ3v) is 6.13. The summed E-state index contributed by atoms with van der Waals surface area (Å²) in [4.78, 5) is 8.00. The van der Waals surface area contributed by atoms with Crippen molar-refractivity contribution in [2.75, 3.05) is 19.8 Å². The Morgan fingerprint density at radius 3 is 1.81 bits per heavy atom. The molecule has 0 amide bonds. The van der Waals surface area contributed by atoms with Gasteiger partial charge in [0.2, 0.25) is 0 Å². The van der Waals surface area contributed by atoms with Crippen molar-refractivity contribution < 1.29 is 45.5 Å². The fourth-order valence-corrected chi connectivity index (χ4v) is 5.53. The van der Waals surface area contributed by atoms with E-state index >= 15 is 0 Å². The minimum atomic E-state index is -0.705. The molecule has 0 heterocycles. The van der Waals surface area contributed by atoms with Gasteiger partial charge in [0.25, 0.3) is 0 Å². The normalized spacial score (nSPS) is 10.8. The molecular formula is C22H21Br4O5W-. The van der Waals surface area contributed by atoms with Crippen molar-refractivity contribution in [3.8, 4) is 23.8 Å². The van der Waals surface area contributed by atoms with Crippen LogP contribution in [0, 0.1) is 18.8 Å². The Bertz CT molecular complexity index is 858. The van der Waals surface area contributed by atoms with Crippen LogP contribution in [0.15, 0.2) is 42.2 Å². The second-order valence-corrected chi connectivity index (χ2v) is 9.53. The summed E-state index contributed by atoms with van der Waals surface area (Å²) in [5.74, 6) is 3.72. The molecule has 0 saturated carbocycles. The predicted molar refractivity (Wildman–Crippen MR) is 135 cm³/mol. The molecule has 2 N–H and O–H groups in total. The van der Waals surface area contributed by atoms with Crippen molar-refractivity contribution >= 4 is 70.5 Å². The Balaban J connectivity index is 0.00000311. The van der Waals surface area contributed by atoms with E-state index in [1.807, 2.05) is 31.1 Å². The number of aliphatic hydroxyl groups excluding tert-OH is 2. The van der Waals surface area contributed by atoms with E-state index in [0.29, 0.717) is 24.5 Å². The van der Waals surface area contributed by atoms with Crippen LogP contribution in [0.5, 0.6) is 11.5 Å². The third-order valence-electron chi connectivity index (χ3n) is 3.77. The number of aliphatic hydroxyl groups is 2. The largest absolute Gasteiger partial charge is 0.523 e. The molecule has 10 heteroatoms. The second kappa shape index (κ2) is 17.3. The quantitative estimate of drug-likeness (QED) is 0.188. The van der Waals surface area contributed by atoms with Gasteiger partial charge in [-0.3, -0.25) is 6.42 Å². The SMILES string of the molecule is C#CCC(O)COc1c(Br)cc(Cc2cc(Br)c(OC[CH-]CO)c(Br)c2)cc1Br.C=O.[W]. The molecule has 0 aliphatic rings. The first kappa shape index (κ1) is 31.8. The first-order chi connectivity index (χ1) is 14.8. The van der Waals surface area contributed by atoms with Gasteiger partial charge in [0, 0.05) is 27.5 Å². The zero-order valence-corrected chi connectivity index (χ0v) is 26.1. The summed E-state index contributed by atoms with van der Waals surface area (Å²) in [7, 11) is 0. The summed E-state index contributed by atoms with van der Waals surface area (Å²) >= 11 is 14.2. The maximum atomic E-state index is 9.75. The van der Waals surface area contributed by atoms with E-state index in [9.17, 15) is 5.11 Å². The smallest absolute Gasteiger partial charge is 0.147 e. The summed E-state index contributed by atoms with van der Waals surface area (Å²) in [6.45, 7) is 2.42. The summed E-state index contributed by atoms with van der Waals surface area (Å²) in [5.41, 5.74) is 2.15. The van der Waals surface area contributed by atoms with Crippen LogP contribution in [-0.4, -0.2) is 42.9 Å². The van der Waals surface area contributed by atoms with E-state index in [-0.39, 0.29) is 40.7 Å². The van der Waals surface area contributed by atoms with E-state index in [0.717, 1.165) is 29.0 Å². The van der Waals surface area contributed by atoms with Crippen LogP contribution >= 0.6 is 63.7 Å². The Kier molecular flexibility index (Phi) is 17.2. The molecule has 0 aliphatic carbocycles. The van der Waals surface area contributed by atoms with Gasteiger partial charge in [0.1, 0.15) is 24.9 Å². The molecule has 0 aromatic heterocycles. The zero-order valence-electron chi connectivity index (χ0n) is 16.8. The van der Waals surface area contributed by atoms with Gasteiger partial charge >= 0.3 is 0 Å². The Morgan fingerprint density at radius 1 is 0.969 bits per heavy atom. The van der Waals surface area contributed by atoms with Gasteiger partial charge in [-0.15, -0.1) is 12.3 Å². The van der Waals surface area contributed by atoms with Crippen molar-refractivity contribution in [1.29, 1.82) is 0 Å². The molecule has 1 atom stereocenters. The van der Waals surface area contributed by atoms with Crippen LogP contribution < -0.4 is 9.47 Å². The third kappa shape index (κ3) is 10.4.